The number of nitrogens with one attached hydrogen (secondary N) is 1. The smallest absolute Gasteiger partial charge is 0.341 e. The van der Waals surface area contributed by atoms with Gasteiger partial charge in [-0.15, -0.1) is 22.7 Å². The fraction of sp³-hybridized carbons (Fsp3) is 0.182. The fourth-order valence-electron chi connectivity index (χ4n) is 3.27. The van der Waals surface area contributed by atoms with Crippen molar-refractivity contribution in [1.29, 1.82) is 0 Å². The predicted octanol–water partition coefficient (Wildman–Crippen LogP) is 5.41. The quantitative estimate of drug-likeness (QED) is 0.407. The van der Waals surface area contributed by atoms with Gasteiger partial charge in [0.1, 0.15) is 22.0 Å². The van der Waals surface area contributed by atoms with Gasteiger partial charge in [-0.1, -0.05) is 12.1 Å². The molecule has 0 fully saturated rings. The molecule has 3 heterocycles. The summed E-state index contributed by atoms with van der Waals surface area (Å²) in [5.74, 6) is -0.00817. The minimum Gasteiger partial charge on any atom is -0.497 e. The van der Waals surface area contributed by atoms with Gasteiger partial charge in [-0.2, -0.15) is 0 Å². The van der Waals surface area contributed by atoms with E-state index in [4.69, 9.17) is 9.47 Å². The van der Waals surface area contributed by atoms with E-state index >= 15 is 0 Å². The lowest BCUT2D eigenvalue weighted by Crippen LogP contribution is -2.17. The number of aryl methyl sites for hydroxylation is 1. The molecule has 6 nitrogen and oxygen atoms in total. The topological polar surface area (TPSA) is 69.6 Å². The lowest BCUT2D eigenvalue weighted by molar-refractivity contribution is 0.0529. The number of anilines is 1. The molecule has 1 N–H and O–H groups in total. The fourth-order valence-corrected chi connectivity index (χ4v) is 5.08. The van der Waals surface area contributed by atoms with Crippen molar-refractivity contribution < 1.29 is 19.1 Å². The van der Waals surface area contributed by atoms with Crippen LogP contribution in [0, 0.1) is 0 Å². The number of ether oxygens (including phenoxy) is 2. The predicted molar refractivity (Wildman–Crippen MR) is 121 cm³/mol. The summed E-state index contributed by atoms with van der Waals surface area (Å²) in [6, 6.07) is 11.2. The van der Waals surface area contributed by atoms with Crippen LogP contribution in [-0.4, -0.2) is 30.2 Å². The molecule has 0 aliphatic carbocycles. The largest absolute Gasteiger partial charge is 0.497 e. The molecule has 0 spiro atoms. The highest BCUT2D eigenvalue weighted by molar-refractivity contribution is 7.17. The maximum atomic E-state index is 13.0. The Bertz CT molecular complexity index is 1220. The van der Waals surface area contributed by atoms with Crippen molar-refractivity contribution in [2.75, 3.05) is 19.0 Å². The summed E-state index contributed by atoms with van der Waals surface area (Å²) in [7, 11) is 3.46. The Morgan fingerprint density at radius 3 is 2.57 bits per heavy atom. The zero-order chi connectivity index (χ0) is 21.3. The normalized spacial score (nSPS) is 10.9. The molecule has 4 aromatic rings. The van der Waals surface area contributed by atoms with Gasteiger partial charge < -0.3 is 19.4 Å². The van der Waals surface area contributed by atoms with Gasteiger partial charge in [0, 0.05) is 18.0 Å². The van der Waals surface area contributed by atoms with Crippen LogP contribution in [0.15, 0.2) is 47.2 Å². The van der Waals surface area contributed by atoms with Gasteiger partial charge >= 0.3 is 5.97 Å². The zero-order valence-electron chi connectivity index (χ0n) is 16.7. The number of methoxy groups -OCH3 is 1. The van der Waals surface area contributed by atoms with Crippen LogP contribution >= 0.6 is 22.7 Å². The number of carbonyl (C=O) groups is 2. The molecule has 0 bridgehead atoms. The molecule has 1 amide bonds. The second kappa shape index (κ2) is 8.33. The van der Waals surface area contributed by atoms with Crippen LogP contribution in [0.4, 0.5) is 5.00 Å². The van der Waals surface area contributed by atoms with Crippen molar-refractivity contribution in [2.24, 2.45) is 7.05 Å². The van der Waals surface area contributed by atoms with E-state index in [0.29, 0.717) is 21.8 Å². The average molecular weight is 441 g/mol. The monoisotopic (exact) mass is 440 g/mol. The van der Waals surface area contributed by atoms with Gasteiger partial charge in [0.15, 0.2) is 0 Å². The number of rotatable bonds is 6. The van der Waals surface area contributed by atoms with Crippen LogP contribution < -0.4 is 10.1 Å². The van der Waals surface area contributed by atoms with Gasteiger partial charge in [-0.25, -0.2) is 4.79 Å². The number of esters is 1. The van der Waals surface area contributed by atoms with Crippen LogP contribution in [0.1, 0.15) is 27.8 Å². The van der Waals surface area contributed by atoms with Crippen LogP contribution in [0.25, 0.3) is 21.3 Å². The van der Waals surface area contributed by atoms with Gasteiger partial charge in [0.25, 0.3) is 5.91 Å². The molecule has 30 heavy (non-hydrogen) atoms. The molecule has 0 unspecified atom stereocenters. The minimum absolute atomic E-state index is 0.248. The number of carbonyl (C=O) groups excluding carboxylic acids is 2. The lowest BCUT2D eigenvalue weighted by Gasteiger charge is -2.10. The molecule has 4 rings (SSSR count). The maximum Gasteiger partial charge on any atom is 0.341 e. The Balaban J connectivity index is 1.70. The third-order valence-corrected chi connectivity index (χ3v) is 6.54. The Morgan fingerprint density at radius 1 is 1.13 bits per heavy atom. The Hall–Kier alpha value is -3.10. The van der Waals surface area contributed by atoms with Crippen molar-refractivity contribution in [3.63, 3.8) is 0 Å². The molecular formula is C22H20N2O4S2. The molecule has 0 aliphatic heterocycles. The van der Waals surface area contributed by atoms with Gasteiger partial charge in [0.05, 0.1) is 23.9 Å². The van der Waals surface area contributed by atoms with Crippen molar-refractivity contribution in [3.8, 4) is 16.9 Å². The number of nitrogens with zero attached hydrogens (tertiary/aromatic N) is 1. The van der Waals surface area contributed by atoms with Crippen LogP contribution in [0.2, 0.25) is 0 Å². The van der Waals surface area contributed by atoms with Crippen LogP contribution in [-0.2, 0) is 11.8 Å². The third kappa shape index (κ3) is 3.59. The number of benzene rings is 1. The first-order chi connectivity index (χ1) is 14.5. The molecule has 154 valence electrons. The van der Waals surface area contributed by atoms with E-state index < -0.39 is 5.97 Å². The highest BCUT2D eigenvalue weighted by atomic mass is 32.1. The van der Waals surface area contributed by atoms with Crippen LogP contribution in [0.3, 0.4) is 0 Å². The molecule has 3 aromatic heterocycles. The highest BCUT2D eigenvalue weighted by Gasteiger charge is 2.24. The SMILES string of the molecule is CCOC(=O)c1c(-c2ccc(OC)cc2)csc1NC(=O)c1cc2sccc2n1C. The van der Waals surface area contributed by atoms with E-state index in [2.05, 4.69) is 5.32 Å². The molecule has 0 atom stereocenters. The summed E-state index contributed by atoms with van der Waals surface area (Å²) >= 11 is 2.88. The van der Waals surface area contributed by atoms with Crippen molar-refractivity contribution >= 4 is 49.8 Å². The summed E-state index contributed by atoms with van der Waals surface area (Å²) in [5.41, 5.74) is 3.45. The number of hydrogen-bond donors (Lipinski definition) is 1. The summed E-state index contributed by atoms with van der Waals surface area (Å²) in [5, 5.41) is 7.22. The summed E-state index contributed by atoms with van der Waals surface area (Å²) in [4.78, 5) is 25.7. The first kappa shape index (κ1) is 20.2. The zero-order valence-corrected chi connectivity index (χ0v) is 18.4. The second-order valence-electron chi connectivity index (χ2n) is 6.52. The molecule has 0 saturated carbocycles. The molecule has 1 aromatic carbocycles. The number of hydrogen-bond acceptors (Lipinski definition) is 6. The van der Waals surface area contributed by atoms with E-state index in [1.54, 1.807) is 25.4 Å². The number of fused-ring (bicyclic) bond motifs is 1. The first-order valence-corrected chi connectivity index (χ1v) is 11.1. The van der Waals surface area contributed by atoms with Crippen molar-refractivity contribution in [2.45, 2.75) is 6.92 Å². The first-order valence-electron chi connectivity index (χ1n) is 9.30. The Labute approximate surface area is 181 Å². The van der Waals surface area contributed by atoms with Crippen molar-refractivity contribution in [1.82, 2.24) is 4.57 Å². The molecular weight excluding hydrogens is 420 g/mol. The van der Waals surface area contributed by atoms with E-state index in [0.717, 1.165) is 21.5 Å². The van der Waals surface area contributed by atoms with Gasteiger partial charge in [-0.05, 0) is 42.1 Å². The summed E-state index contributed by atoms with van der Waals surface area (Å²) < 4.78 is 13.4. The van der Waals surface area contributed by atoms with Gasteiger partial charge in [-0.3, -0.25) is 4.79 Å². The Kier molecular flexibility index (Phi) is 5.61. The number of amides is 1. The van der Waals surface area contributed by atoms with E-state index in [1.807, 2.05) is 58.8 Å². The van der Waals surface area contributed by atoms with E-state index in [1.165, 1.54) is 11.3 Å². The van der Waals surface area contributed by atoms with Gasteiger partial charge in [0.2, 0.25) is 0 Å². The molecule has 8 heteroatoms. The van der Waals surface area contributed by atoms with Crippen LogP contribution in [0.5, 0.6) is 5.75 Å². The number of aromatic nitrogens is 1. The summed E-state index contributed by atoms with van der Waals surface area (Å²) in [6.45, 7) is 2.00. The maximum absolute atomic E-state index is 13.0. The third-order valence-electron chi connectivity index (χ3n) is 4.80. The molecule has 0 aliphatic rings. The average Bonchev–Trinajstić information content (AvgIpc) is 3.45. The standard InChI is InChI=1S/C22H20N2O4S2/c1-4-28-22(26)19-15(13-5-7-14(27-3)8-6-13)12-30-21(19)23-20(25)17-11-18-16(24(17)2)9-10-29-18/h5-12H,4H2,1-3H3,(H,23,25). The van der Waals surface area contributed by atoms with E-state index in [-0.39, 0.29) is 12.5 Å². The molecule has 0 radical (unpaired) electrons. The lowest BCUT2D eigenvalue weighted by atomic mass is 10.0. The summed E-state index contributed by atoms with van der Waals surface area (Å²) in [6.07, 6.45) is 0. The Morgan fingerprint density at radius 2 is 1.90 bits per heavy atom. The minimum atomic E-state index is -0.465. The van der Waals surface area contributed by atoms with Crippen molar-refractivity contribution in [3.05, 3.63) is 58.4 Å². The second-order valence-corrected chi connectivity index (χ2v) is 8.34. The number of thiophene rings is 2. The molecule has 0 saturated heterocycles. The van der Waals surface area contributed by atoms with E-state index in [9.17, 15) is 9.59 Å². The highest BCUT2D eigenvalue weighted by Crippen LogP contribution is 2.37.